The number of rotatable bonds is 8. The van der Waals surface area contributed by atoms with Crippen LogP contribution in [0.4, 0.5) is 0 Å². The van der Waals surface area contributed by atoms with E-state index in [1.54, 1.807) is 0 Å². The van der Waals surface area contributed by atoms with Gasteiger partial charge < -0.3 is 9.47 Å². The third kappa shape index (κ3) is 5.77. The normalized spacial score (nSPS) is 9.22. The highest BCUT2D eigenvalue weighted by atomic mass is 16.5. The number of nitrogens with zero attached hydrogens (tertiary/aromatic N) is 2. The van der Waals surface area contributed by atoms with Gasteiger partial charge in [-0.1, -0.05) is 0 Å². The molecule has 0 unspecified atom stereocenters. The number of nitriles is 2. The molecule has 0 aliphatic heterocycles. The van der Waals surface area contributed by atoms with Gasteiger partial charge in [0.05, 0.1) is 25.4 Å². The van der Waals surface area contributed by atoms with Gasteiger partial charge in [0, 0.05) is 12.8 Å². The summed E-state index contributed by atoms with van der Waals surface area (Å²) in [7, 11) is 0. The van der Waals surface area contributed by atoms with Gasteiger partial charge in [-0.15, -0.1) is 0 Å². The first-order chi connectivity index (χ1) is 8.86. The Hall–Kier alpha value is -2.20. The lowest BCUT2D eigenvalue weighted by Crippen LogP contribution is -1.98. The number of benzene rings is 1. The fraction of sp³-hybridized carbons (Fsp3) is 0.429. The van der Waals surface area contributed by atoms with E-state index in [1.807, 2.05) is 24.3 Å². The van der Waals surface area contributed by atoms with Crippen LogP contribution in [-0.2, 0) is 0 Å². The van der Waals surface area contributed by atoms with E-state index in [2.05, 4.69) is 12.1 Å². The molecule has 0 spiro atoms. The highest BCUT2D eigenvalue weighted by molar-refractivity contribution is 5.31. The largest absolute Gasteiger partial charge is 0.494 e. The van der Waals surface area contributed by atoms with Gasteiger partial charge in [0.15, 0.2) is 0 Å². The summed E-state index contributed by atoms with van der Waals surface area (Å²) in [5, 5.41) is 16.8. The van der Waals surface area contributed by atoms with Crippen molar-refractivity contribution in [2.24, 2.45) is 0 Å². The van der Waals surface area contributed by atoms with E-state index in [9.17, 15) is 0 Å². The molecule has 0 amide bonds. The third-order valence-electron chi connectivity index (χ3n) is 2.23. The van der Waals surface area contributed by atoms with Gasteiger partial charge in [-0.3, -0.25) is 0 Å². The number of ether oxygens (including phenoxy) is 2. The zero-order chi connectivity index (χ0) is 13.1. The number of hydrogen-bond donors (Lipinski definition) is 0. The number of hydrogen-bond acceptors (Lipinski definition) is 4. The maximum Gasteiger partial charge on any atom is 0.119 e. The smallest absolute Gasteiger partial charge is 0.119 e. The summed E-state index contributed by atoms with van der Waals surface area (Å²) in [4.78, 5) is 0. The molecule has 0 fully saturated rings. The molecule has 1 aromatic rings. The van der Waals surface area contributed by atoms with Crippen molar-refractivity contribution in [2.45, 2.75) is 25.7 Å². The molecular weight excluding hydrogens is 228 g/mol. The van der Waals surface area contributed by atoms with Crippen molar-refractivity contribution in [1.82, 2.24) is 0 Å². The van der Waals surface area contributed by atoms with E-state index < -0.39 is 0 Å². The maximum atomic E-state index is 8.38. The van der Waals surface area contributed by atoms with Crippen molar-refractivity contribution >= 4 is 0 Å². The van der Waals surface area contributed by atoms with E-state index in [0.717, 1.165) is 24.3 Å². The lowest BCUT2D eigenvalue weighted by molar-refractivity contribution is 0.304. The van der Waals surface area contributed by atoms with Gasteiger partial charge in [-0.05, 0) is 37.1 Å². The molecule has 0 aliphatic rings. The average Bonchev–Trinajstić information content (AvgIpc) is 2.41. The monoisotopic (exact) mass is 244 g/mol. The first kappa shape index (κ1) is 13.9. The zero-order valence-corrected chi connectivity index (χ0v) is 10.3. The standard InChI is InChI=1S/C14H16N2O2/c15-9-1-3-11-17-13-5-7-14(8-6-13)18-12-4-2-10-16/h5-8H,1-4,11-12H2. The molecule has 1 rings (SSSR count). The minimum atomic E-state index is 0.514. The molecule has 0 bridgehead atoms. The summed E-state index contributed by atoms with van der Waals surface area (Å²) < 4.78 is 10.9. The summed E-state index contributed by atoms with van der Waals surface area (Å²) in [6.07, 6.45) is 2.51. The molecule has 18 heavy (non-hydrogen) atoms. The molecule has 0 saturated carbocycles. The molecule has 1 aromatic carbocycles. The van der Waals surface area contributed by atoms with Crippen LogP contribution in [0.2, 0.25) is 0 Å². The molecule has 4 heteroatoms. The van der Waals surface area contributed by atoms with Crippen molar-refractivity contribution < 1.29 is 9.47 Å². The van der Waals surface area contributed by atoms with Crippen molar-refractivity contribution in [3.05, 3.63) is 24.3 Å². The predicted molar refractivity (Wildman–Crippen MR) is 67.1 cm³/mol. The lowest BCUT2D eigenvalue weighted by atomic mass is 10.3. The molecule has 0 radical (unpaired) electrons. The van der Waals surface area contributed by atoms with E-state index in [0.29, 0.717) is 26.1 Å². The maximum absolute atomic E-state index is 8.38. The summed E-state index contributed by atoms with van der Waals surface area (Å²) >= 11 is 0. The Morgan fingerprint density at radius 1 is 0.778 bits per heavy atom. The van der Waals surface area contributed by atoms with E-state index in [-0.39, 0.29) is 0 Å². The highest BCUT2D eigenvalue weighted by Crippen LogP contribution is 2.18. The second kappa shape index (κ2) is 8.90. The minimum Gasteiger partial charge on any atom is -0.494 e. The second-order valence-corrected chi connectivity index (χ2v) is 3.69. The van der Waals surface area contributed by atoms with Gasteiger partial charge in [-0.2, -0.15) is 10.5 Å². The number of unbranched alkanes of at least 4 members (excludes halogenated alkanes) is 2. The van der Waals surface area contributed by atoms with Gasteiger partial charge >= 0.3 is 0 Å². The van der Waals surface area contributed by atoms with Crippen LogP contribution >= 0.6 is 0 Å². The Labute approximate surface area is 107 Å². The summed E-state index contributed by atoms with van der Waals surface area (Å²) in [5.74, 6) is 1.55. The second-order valence-electron chi connectivity index (χ2n) is 3.69. The lowest BCUT2D eigenvalue weighted by Gasteiger charge is -2.07. The Morgan fingerprint density at radius 3 is 1.50 bits per heavy atom. The van der Waals surface area contributed by atoms with Crippen LogP contribution in [-0.4, -0.2) is 13.2 Å². The fourth-order valence-electron chi connectivity index (χ4n) is 1.31. The van der Waals surface area contributed by atoms with Crippen LogP contribution < -0.4 is 9.47 Å². The molecule has 0 atom stereocenters. The molecule has 0 aliphatic carbocycles. The van der Waals surface area contributed by atoms with Gasteiger partial charge in [-0.25, -0.2) is 0 Å². The molecule has 0 aromatic heterocycles. The molecule has 4 nitrogen and oxygen atoms in total. The summed E-state index contributed by atoms with van der Waals surface area (Å²) in [6, 6.07) is 11.5. The Bertz CT molecular complexity index is 374. The molecule has 0 saturated heterocycles. The minimum absolute atomic E-state index is 0.514. The SMILES string of the molecule is N#CCCCOc1ccc(OCCCC#N)cc1. The Morgan fingerprint density at radius 2 is 1.17 bits per heavy atom. The van der Waals surface area contributed by atoms with Crippen LogP contribution in [0.15, 0.2) is 24.3 Å². The van der Waals surface area contributed by atoms with E-state index in [4.69, 9.17) is 20.0 Å². The van der Waals surface area contributed by atoms with Crippen molar-refractivity contribution in [3.63, 3.8) is 0 Å². The van der Waals surface area contributed by atoms with Crippen LogP contribution in [0, 0.1) is 22.7 Å². The topological polar surface area (TPSA) is 66.0 Å². The van der Waals surface area contributed by atoms with Crippen LogP contribution in [0.3, 0.4) is 0 Å². The van der Waals surface area contributed by atoms with Crippen LogP contribution in [0.1, 0.15) is 25.7 Å². The van der Waals surface area contributed by atoms with Crippen LogP contribution in [0.25, 0.3) is 0 Å². The zero-order valence-electron chi connectivity index (χ0n) is 10.3. The highest BCUT2D eigenvalue weighted by Gasteiger charge is 1.96. The molecule has 0 heterocycles. The first-order valence-corrected chi connectivity index (χ1v) is 5.96. The van der Waals surface area contributed by atoms with Crippen LogP contribution in [0.5, 0.6) is 11.5 Å². The Balaban J connectivity index is 2.25. The molecule has 94 valence electrons. The van der Waals surface area contributed by atoms with E-state index in [1.165, 1.54) is 0 Å². The van der Waals surface area contributed by atoms with Crippen molar-refractivity contribution in [3.8, 4) is 23.6 Å². The summed E-state index contributed by atoms with van der Waals surface area (Å²) in [6.45, 7) is 1.10. The quantitative estimate of drug-likeness (QED) is 0.659. The average molecular weight is 244 g/mol. The van der Waals surface area contributed by atoms with Crippen molar-refractivity contribution in [2.75, 3.05) is 13.2 Å². The third-order valence-corrected chi connectivity index (χ3v) is 2.23. The van der Waals surface area contributed by atoms with E-state index >= 15 is 0 Å². The molecule has 0 N–H and O–H groups in total. The van der Waals surface area contributed by atoms with Gasteiger partial charge in [0.2, 0.25) is 0 Å². The molecular formula is C14H16N2O2. The predicted octanol–water partition coefficient (Wildman–Crippen LogP) is 3.05. The summed E-state index contributed by atoms with van der Waals surface area (Å²) in [5.41, 5.74) is 0. The van der Waals surface area contributed by atoms with Gasteiger partial charge in [0.1, 0.15) is 11.5 Å². The van der Waals surface area contributed by atoms with Gasteiger partial charge in [0.25, 0.3) is 0 Å². The van der Waals surface area contributed by atoms with Crippen molar-refractivity contribution in [1.29, 1.82) is 10.5 Å². The first-order valence-electron chi connectivity index (χ1n) is 5.96. The Kier molecular flexibility index (Phi) is 6.85. The fourth-order valence-corrected chi connectivity index (χ4v) is 1.31.